The third-order valence-corrected chi connectivity index (χ3v) is 3.59. The standard InChI is InChI=1S/C17H27NO2/c1-5-15(6-2)18(11-13(3)4)12-17(20)14-7-9-16(19)10-8-14/h7-10,13,15,19H,5-6,11-12H2,1-4H3. The lowest BCUT2D eigenvalue weighted by Gasteiger charge is -2.31. The molecule has 0 spiro atoms. The fourth-order valence-electron chi connectivity index (χ4n) is 2.54. The van der Waals surface area contributed by atoms with E-state index >= 15 is 0 Å². The van der Waals surface area contributed by atoms with Crippen LogP contribution in [0.4, 0.5) is 0 Å². The van der Waals surface area contributed by atoms with Gasteiger partial charge in [0, 0.05) is 18.2 Å². The maximum Gasteiger partial charge on any atom is 0.176 e. The highest BCUT2D eigenvalue weighted by Gasteiger charge is 2.19. The van der Waals surface area contributed by atoms with Crippen LogP contribution in [0.15, 0.2) is 24.3 Å². The van der Waals surface area contributed by atoms with E-state index in [1.54, 1.807) is 24.3 Å². The maximum absolute atomic E-state index is 12.4. The highest BCUT2D eigenvalue weighted by atomic mass is 16.3. The molecule has 0 unspecified atom stereocenters. The third-order valence-electron chi connectivity index (χ3n) is 3.59. The first-order chi connectivity index (χ1) is 9.47. The minimum Gasteiger partial charge on any atom is -0.508 e. The van der Waals surface area contributed by atoms with E-state index in [1.165, 1.54) is 0 Å². The summed E-state index contributed by atoms with van der Waals surface area (Å²) in [6.07, 6.45) is 2.12. The van der Waals surface area contributed by atoms with Gasteiger partial charge in [0.1, 0.15) is 5.75 Å². The molecule has 0 aromatic heterocycles. The van der Waals surface area contributed by atoms with Gasteiger partial charge in [-0.15, -0.1) is 0 Å². The molecule has 112 valence electrons. The van der Waals surface area contributed by atoms with Crippen LogP contribution in [0, 0.1) is 5.92 Å². The lowest BCUT2D eigenvalue weighted by atomic mass is 10.0. The normalized spacial score (nSPS) is 11.6. The Morgan fingerprint density at radius 3 is 2.15 bits per heavy atom. The Bertz CT molecular complexity index is 408. The van der Waals surface area contributed by atoms with Gasteiger partial charge in [0.2, 0.25) is 0 Å². The summed E-state index contributed by atoms with van der Waals surface area (Å²) in [5.74, 6) is 0.862. The van der Waals surface area contributed by atoms with Crippen LogP contribution in [0.1, 0.15) is 50.9 Å². The molecule has 3 nitrogen and oxygen atoms in total. The number of benzene rings is 1. The van der Waals surface area contributed by atoms with E-state index in [0.29, 0.717) is 24.1 Å². The largest absolute Gasteiger partial charge is 0.508 e. The Balaban J connectivity index is 2.77. The Morgan fingerprint density at radius 1 is 1.15 bits per heavy atom. The Labute approximate surface area is 122 Å². The highest BCUT2D eigenvalue weighted by molar-refractivity contribution is 5.97. The van der Waals surface area contributed by atoms with Crippen molar-refractivity contribution in [1.82, 2.24) is 4.90 Å². The molecule has 1 rings (SSSR count). The molecule has 3 heteroatoms. The zero-order valence-electron chi connectivity index (χ0n) is 13.1. The Kier molecular flexibility index (Phi) is 6.73. The first kappa shape index (κ1) is 16.7. The number of carbonyl (C=O) groups is 1. The molecule has 0 bridgehead atoms. The van der Waals surface area contributed by atoms with Crippen LogP contribution in [0.25, 0.3) is 0 Å². The second kappa shape index (κ2) is 8.05. The van der Waals surface area contributed by atoms with Gasteiger partial charge in [-0.05, 0) is 43.0 Å². The third kappa shape index (κ3) is 4.97. The molecule has 0 aliphatic rings. The number of ketones is 1. The highest BCUT2D eigenvalue weighted by Crippen LogP contribution is 2.15. The molecule has 0 amide bonds. The van der Waals surface area contributed by atoms with Crippen molar-refractivity contribution in [3.05, 3.63) is 29.8 Å². The van der Waals surface area contributed by atoms with Crippen molar-refractivity contribution >= 4 is 5.78 Å². The lowest BCUT2D eigenvalue weighted by molar-refractivity contribution is 0.0866. The van der Waals surface area contributed by atoms with Crippen LogP contribution in [0.2, 0.25) is 0 Å². The van der Waals surface area contributed by atoms with Crippen molar-refractivity contribution in [2.24, 2.45) is 5.92 Å². The van der Waals surface area contributed by atoms with Crippen LogP contribution in [-0.2, 0) is 0 Å². The second-order valence-corrected chi connectivity index (χ2v) is 5.76. The number of phenols is 1. The molecular weight excluding hydrogens is 250 g/mol. The fourth-order valence-corrected chi connectivity index (χ4v) is 2.54. The van der Waals surface area contributed by atoms with E-state index in [1.807, 2.05) is 0 Å². The van der Waals surface area contributed by atoms with E-state index < -0.39 is 0 Å². The zero-order chi connectivity index (χ0) is 15.1. The van der Waals surface area contributed by atoms with E-state index in [9.17, 15) is 9.90 Å². The molecule has 0 fully saturated rings. The zero-order valence-corrected chi connectivity index (χ0v) is 13.1. The molecule has 20 heavy (non-hydrogen) atoms. The van der Waals surface area contributed by atoms with Gasteiger partial charge in [0.05, 0.1) is 6.54 Å². The summed E-state index contributed by atoms with van der Waals surface area (Å²) in [5.41, 5.74) is 0.669. The monoisotopic (exact) mass is 277 g/mol. The predicted molar refractivity (Wildman–Crippen MR) is 83.2 cm³/mol. The quantitative estimate of drug-likeness (QED) is 0.736. The Hall–Kier alpha value is -1.35. The summed E-state index contributed by atoms with van der Waals surface area (Å²) in [4.78, 5) is 14.7. The molecule has 0 saturated carbocycles. The van der Waals surface area contributed by atoms with Crippen LogP contribution < -0.4 is 0 Å². The lowest BCUT2D eigenvalue weighted by Crippen LogP contribution is -2.40. The van der Waals surface area contributed by atoms with E-state index in [-0.39, 0.29) is 11.5 Å². The van der Waals surface area contributed by atoms with Crippen LogP contribution >= 0.6 is 0 Å². The van der Waals surface area contributed by atoms with Crippen molar-refractivity contribution in [3.8, 4) is 5.75 Å². The summed E-state index contributed by atoms with van der Waals surface area (Å²) in [6.45, 7) is 10.1. The minimum absolute atomic E-state index is 0.123. The van der Waals surface area contributed by atoms with Crippen molar-refractivity contribution in [3.63, 3.8) is 0 Å². The summed E-state index contributed by atoms with van der Waals surface area (Å²) in [7, 11) is 0. The number of phenolic OH excluding ortho intramolecular Hbond substituents is 1. The van der Waals surface area contributed by atoms with Gasteiger partial charge in [0.25, 0.3) is 0 Å². The SMILES string of the molecule is CCC(CC)N(CC(=O)c1ccc(O)cc1)CC(C)C. The number of hydrogen-bond donors (Lipinski definition) is 1. The average molecular weight is 277 g/mol. The van der Waals surface area contributed by atoms with Crippen molar-refractivity contribution < 1.29 is 9.90 Å². The molecular formula is C17H27NO2. The van der Waals surface area contributed by atoms with Gasteiger partial charge < -0.3 is 5.11 Å². The van der Waals surface area contributed by atoms with Crippen LogP contribution in [-0.4, -0.2) is 34.9 Å². The first-order valence-corrected chi connectivity index (χ1v) is 7.54. The van der Waals surface area contributed by atoms with Gasteiger partial charge >= 0.3 is 0 Å². The molecule has 0 aliphatic heterocycles. The molecule has 1 N–H and O–H groups in total. The minimum atomic E-state index is 0.123. The van der Waals surface area contributed by atoms with Crippen molar-refractivity contribution in [2.45, 2.75) is 46.6 Å². The number of rotatable bonds is 8. The second-order valence-electron chi connectivity index (χ2n) is 5.76. The number of Topliss-reactive ketones (excluding diaryl/α,β-unsaturated/α-hetero) is 1. The molecule has 1 aromatic rings. The van der Waals surface area contributed by atoms with E-state index in [2.05, 4.69) is 32.6 Å². The van der Waals surface area contributed by atoms with Gasteiger partial charge in [-0.2, -0.15) is 0 Å². The predicted octanol–water partition coefficient (Wildman–Crippen LogP) is 3.72. The topological polar surface area (TPSA) is 40.5 Å². The first-order valence-electron chi connectivity index (χ1n) is 7.54. The number of carbonyl (C=O) groups excluding carboxylic acids is 1. The summed E-state index contributed by atoms with van der Waals surface area (Å²) >= 11 is 0. The molecule has 0 saturated heterocycles. The molecule has 0 heterocycles. The summed E-state index contributed by atoms with van der Waals surface area (Å²) < 4.78 is 0. The number of nitrogens with zero attached hydrogens (tertiary/aromatic N) is 1. The number of aromatic hydroxyl groups is 1. The smallest absolute Gasteiger partial charge is 0.176 e. The molecule has 0 atom stereocenters. The van der Waals surface area contributed by atoms with Gasteiger partial charge in [0.15, 0.2) is 5.78 Å². The summed E-state index contributed by atoms with van der Waals surface area (Å²) in [6, 6.07) is 6.98. The van der Waals surface area contributed by atoms with Crippen molar-refractivity contribution in [1.29, 1.82) is 0 Å². The van der Waals surface area contributed by atoms with E-state index in [0.717, 1.165) is 19.4 Å². The van der Waals surface area contributed by atoms with E-state index in [4.69, 9.17) is 0 Å². The number of hydrogen-bond acceptors (Lipinski definition) is 3. The van der Waals surface area contributed by atoms with Crippen molar-refractivity contribution in [2.75, 3.05) is 13.1 Å². The van der Waals surface area contributed by atoms with Gasteiger partial charge in [-0.25, -0.2) is 0 Å². The Morgan fingerprint density at radius 2 is 1.70 bits per heavy atom. The maximum atomic E-state index is 12.4. The van der Waals surface area contributed by atoms with Crippen LogP contribution in [0.3, 0.4) is 0 Å². The summed E-state index contributed by atoms with van der Waals surface area (Å²) in [5, 5.41) is 9.28. The molecule has 0 aliphatic carbocycles. The molecule has 1 aromatic carbocycles. The van der Waals surface area contributed by atoms with Gasteiger partial charge in [-0.3, -0.25) is 9.69 Å². The van der Waals surface area contributed by atoms with Gasteiger partial charge in [-0.1, -0.05) is 27.7 Å². The molecule has 0 radical (unpaired) electrons. The van der Waals surface area contributed by atoms with Crippen LogP contribution in [0.5, 0.6) is 5.75 Å². The average Bonchev–Trinajstić information content (AvgIpc) is 2.40. The fraction of sp³-hybridized carbons (Fsp3) is 0.588.